The van der Waals surface area contributed by atoms with Crippen LogP contribution in [0.3, 0.4) is 0 Å². The molecule has 56 heavy (non-hydrogen) atoms. The number of rotatable bonds is 8. The molecule has 9 rings (SSSR count). The van der Waals surface area contributed by atoms with Gasteiger partial charge in [0.1, 0.15) is 5.69 Å². The highest BCUT2D eigenvalue weighted by atomic mass is 35.5. The summed E-state index contributed by atoms with van der Waals surface area (Å²) in [5.41, 5.74) is 8.21. The molecular formula is C44H41Cl3N6O3. The van der Waals surface area contributed by atoms with Crippen molar-refractivity contribution in [2.24, 2.45) is 0 Å². The number of aromatic nitrogens is 3. The standard InChI is InChI=1S/C44H41Cl3N6O3/c1-56-37(54)21-26-12-15-36(52-18-16-51(17-19-52)30-10-6-3-7-11-30)34(20-26)50-44(55)41-39-38-32(22-29(46)24-35(38)49-41)42(31-14-13-28(45)23-33(31)47)53-25-48-40(43(39)53)27-8-4-2-5-9-27/h2,4-5,8-9,12-15,20,22-25,30,42,49H,3,6-7,10-11,16-19,21H2,1H3,(H,50,55)/t42-/m1/s1. The first-order valence-corrected chi connectivity index (χ1v) is 20.3. The number of esters is 1. The van der Waals surface area contributed by atoms with Crippen LogP contribution in [0.15, 0.2) is 85.2 Å². The van der Waals surface area contributed by atoms with Crippen molar-refractivity contribution in [3.8, 4) is 22.5 Å². The number of halogens is 3. The minimum atomic E-state index is -0.408. The second kappa shape index (κ2) is 15.3. The fraction of sp³-hybridized carbons (Fsp3) is 0.295. The van der Waals surface area contributed by atoms with Crippen molar-refractivity contribution >= 4 is 69.0 Å². The summed E-state index contributed by atoms with van der Waals surface area (Å²) in [5.74, 6) is -0.678. The molecule has 4 heterocycles. The van der Waals surface area contributed by atoms with Gasteiger partial charge in [0, 0.05) is 69.3 Å². The molecule has 0 bridgehead atoms. The monoisotopic (exact) mass is 806 g/mol. The van der Waals surface area contributed by atoms with Gasteiger partial charge in [-0.2, -0.15) is 0 Å². The summed E-state index contributed by atoms with van der Waals surface area (Å²) in [6.07, 6.45) is 8.35. The highest BCUT2D eigenvalue weighted by Crippen LogP contribution is 2.51. The number of imidazole rings is 1. The van der Waals surface area contributed by atoms with E-state index < -0.39 is 6.04 Å². The Hall–Kier alpha value is -4.80. The van der Waals surface area contributed by atoms with Crippen LogP contribution in [0.1, 0.15) is 65.3 Å². The van der Waals surface area contributed by atoms with E-state index in [2.05, 4.69) is 24.7 Å². The highest BCUT2D eigenvalue weighted by Gasteiger charge is 2.37. The van der Waals surface area contributed by atoms with Crippen molar-refractivity contribution in [3.05, 3.63) is 123 Å². The number of H-pyrrole nitrogens is 1. The Kier molecular flexibility index (Phi) is 10.0. The number of carbonyl (C=O) groups excluding carboxylic acids is 2. The lowest BCUT2D eigenvalue weighted by Crippen LogP contribution is -2.51. The first kappa shape index (κ1) is 36.8. The fourth-order valence-electron chi connectivity index (χ4n) is 9.02. The third kappa shape index (κ3) is 6.74. The van der Waals surface area contributed by atoms with Gasteiger partial charge >= 0.3 is 5.97 Å². The third-order valence-electron chi connectivity index (χ3n) is 11.7. The number of nitrogens with zero attached hydrogens (tertiary/aromatic N) is 4. The summed E-state index contributed by atoms with van der Waals surface area (Å²) in [4.78, 5) is 40.7. The maximum atomic E-state index is 14.9. The van der Waals surface area contributed by atoms with Crippen LogP contribution in [0.2, 0.25) is 15.1 Å². The van der Waals surface area contributed by atoms with Gasteiger partial charge in [0.15, 0.2) is 0 Å². The summed E-state index contributed by atoms with van der Waals surface area (Å²) in [7, 11) is 1.38. The number of fused-ring (bicyclic) bond motifs is 2. The van der Waals surface area contributed by atoms with E-state index in [1.807, 2.05) is 72.8 Å². The normalized spacial score (nSPS) is 17.2. The number of benzene rings is 4. The minimum absolute atomic E-state index is 0.0862. The molecule has 0 unspecified atom stereocenters. The predicted molar refractivity (Wildman–Crippen MR) is 224 cm³/mol. The Balaban J connectivity index is 1.15. The SMILES string of the molecule is COC(=O)Cc1ccc(N2CCN(C3CCCCC3)CC2)c(NC(=O)c2[nH]c3cc(Cl)cc4c3c2-c2c(-c3ccccc3)ncn2[C@@H]4c2ccc(Cl)cc2Cl)c1. The van der Waals surface area contributed by atoms with Crippen LogP contribution in [0.25, 0.3) is 33.4 Å². The van der Waals surface area contributed by atoms with Crippen LogP contribution in [0, 0.1) is 0 Å². The Bertz CT molecular complexity index is 2470. The number of hydrogen-bond donors (Lipinski definition) is 2. The number of amides is 1. The van der Waals surface area contributed by atoms with Crippen LogP contribution < -0.4 is 10.2 Å². The number of anilines is 2. The number of piperazine rings is 1. The Labute approximate surface area is 340 Å². The van der Waals surface area contributed by atoms with Crippen LogP contribution in [0.5, 0.6) is 0 Å². The molecule has 286 valence electrons. The van der Waals surface area contributed by atoms with E-state index in [1.165, 1.54) is 39.2 Å². The van der Waals surface area contributed by atoms with Gasteiger partial charge in [0.25, 0.3) is 5.91 Å². The van der Waals surface area contributed by atoms with Crippen molar-refractivity contribution in [1.82, 2.24) is 19.4 Å². The minimum Gasteiger partial charge on any atom is -0.469 e. The molecule has 1 saturated carbocycles. The second-order valence-electron chi connectivity index (χ2n) is 14.9. The molecule has 2 fully saturated rings. The summed E-state index contributed by atoms with van der Waals surface area (Å²) in [6, 6.07) is 25.3. The lowest BCUT2D eigenvalue weighted by molar-refractivity contribution is -0.139. The molecular weight excluding hydrogens is 767 g/mol. The third-order valence-corrected chi connectivity index (χ3v) is 12.4. The van der Waals surface area contributed by atoms with E-state index in [0.717, 1.165) is 76.5 Å². The average molecular weight is 808 g/mol. The smallest absolute Gasteiger partial charge is 0.309 e. The Morgan fingerprint density at radius 1 is 0.875 bits per heavy atom. The van der Waals surface area contributed by atoms with E-state index in [9.17, 15) is 9.59 Å². The predicted octanol–water partition coefficient (Wildman–Crippen LogP) is 10.0. The molecule has 1 amide bonds. The summed E-state index contributed by atoms with van der Waals surface area (Å²) >= 11 is 20.1. The van der Waals surface area contributed by atoms with Gasteiger partial charge in [-0.25, -0.2) is 4.98 Å². The molecule has 2 aliphatic heterocycles. The molecule has 9 nitrogen and oxygen atoms in total. The zero-order valence-electron chi connectivity index (χ0n) is 31.0. The number of aromatic amines is 1. The Morgan fingerprint density at radius 3 is 2.41 bits per heavy atom. The van der Waals surface area contributed by atoms with Crippen LogP contribution in [-0.2, 0) is 16.0 Å². The van der Waals surface area contributed by atoms with Gasteiger partial charge in [-0.15, -0.1) is 0 Å². The molecule has 4 aromatic carbocycles. The summed E-state index contributed by atoms with van der Waals surface area (Å²) < 4.78 is 7.07. The van der Waals surface area contributed by atoms with E-state index >= 15 is 0 Å². The first-order chi connectivity index (χ1) is 27.3. The fourth-order valence-corrected chi connectivity index (χ4v) is 9.76. The molecule has 12 heteroatoms. The van der Waals surface area contributed by atoms with Crippen molar-refractivity contribution in [2.75, 3.05) is 43.5 Å². The largest absolute Gasteiger partial charge is 0.469 e. The zero-order valence-corrected chi connectivity index (χ0v) is 33.2. The lowest BCUT2D eigenvalue weighted by Gasteiger charge is -2.42. The first-order valence-electron chi connectivity index (χ1n) is 19.2. The molecule has 0 spiro atoms. The van der Waals surface area contributed by atoms with Gasteiger partial charge < -0.3 is 24.5 Å². The molecule has 6 aromatic rings. The summed E-state index contributed by atoms with van der Waals surface area (Å²) in [5, 5.41) is 5.70. The summed E-state index contributed by atoms with van der Waals surface area (Å²) in [6.45, 7) is 3.60. The van der Waals surface area contributed by atoms with Gasteiger partial charge in [-0.05, 0) is 65.9 Å². The van der Waals surface area contributed by atoms with E-state index in [0.29, 0.717) is 38.0 Å². The maximum absolute atomic E-state index is 14.9. The van der Waals surface area contributed by atoms with Crippen LogP contribution >= 0.6 is 34.8 Å². The highest BCUT2D eigenvalue weighted by molar-refractivity contribution is 6.35. The molecule has 0 radical (unpaired) electrons. The van der Waals surface area contributed by atoms with Crippen molar-refractivity contribution in [1.29, 1.82) is 0 Å². The molecule has 1 atom stereocenters. The topological polar surface area (TPSA) is 95.5 Å². The lowest BCUT2D eigenvalue weighted by atomic mass is 9.87. The van der Waals surface area contributed by atoms with E-state index in [1.54, 1.807) is 12.4 Å². The number of ether oxygens (including phenoxy) is 1. The second-order valence-corrected chi connectivity index (χ2v) is 16.2. The van der Waals surface area contributed by atoms with Gasteiger partial charge in [0.2, 0.25) is 0 Å². The van der Waals surface area contributed by atoms with Gasteiger partial charge in [0.05, 0.1) is 48.7 Å². The number of hydrogen-bond acceptors (Lipinski definition) is 6. The molecule has 2 aromatic heterocycles. The van der Waals surface area contributed by atoms with Crippen molar-refractivity contribution in [3.63, 3.8) is 0 Å². The van der Waals surface area contributed by atoms with Crippen molar-refractivity contribution in [2.45, 2.75) is 50.6 Å². The molecule has 1 saturated heterocycles. The molecule has 1 aliphatic carbocycles. The maximum Gasteiger partial charge on any atom is 0.309 e. The Morgan fingerprint density at radius 2 is 1.66 bits per heavy atom. The average Bonchev–Trinajstić information content (AvgIpc) is 3.82. The van der Waals surface area contributed by atoms with Crippen LogP contribution in [-0.4, -0.2) is 70.6 Å². The number of methoxy groups -OCH3 is 1. The molecule has 3 aliphatic rings. The van der Waals surface area contributed by atoms with E-state index in [4.69, 9.17) is 44.5 Å². The quantitative estimate of drug-likeness (QED) is 0.149. The van der Waals surface area contributed by atoms with E-state index in [-0.39, 0.29) is 18.3 Å². The number of carbonyl (C=O) groups is 2. The van der Waals surface area contributed by atoms with Crippen molar-refractivity contribution < 1.29 is 14.3 Å². The van der Waals surface area contributed by atoms with Crippen LogP contribution in [0.4, 0.5) is 11.4 Å². The number of nitrogens with one attached hydrogen (secondary N) is 2. The van der Waals surface area contributed by atoms with Gasteiger partial charge in [-0.3, -0.25) is 14.5 Å². The van der Waals surface area contributed by atoms with Gasteiger partial charge in [-0.1, -0.05) is 96.5 Å². The molecule has 2 N–H and O–H groups in total. The zero-order chi connectivity index (χ0) is 38.5.